The fraction of sp³-hybridized carbons (Fsp3) is 0.333. The monoisotopic (exact) mass is 450 g/mol. The first kappa shape index (κ1) is 19.6. The number of halogens is 2. The molecular formula is C18H20BrClN6O. The number of carbonyl (C=O) groups excluding carboxylic acids is 1. The molecule has 1 N–H and O–H groups in total. The van der Waals surface area contributed by atoms with E-state index < -0.39 is 0 Å². The molecule has 0 bridgehead atoms. The summed E-state index contributed by atoms with van der Waals surface area (Å²) in [5.74, 6) is -0.142. The van der Waals surface area contributed by atoms with Crippen LogP contribution < -0.4 is 5.32 Å². The molecule has 27 heavy (non-hydrogen) atoms. The molecule has 0 aliphatic rings. The van der Waals surface area contributed by atoms with E-state index in [-0.39, 0.29) is 17.8 Å². The molecule has 1 aromatic carbocycles. The van der Waals surface area contributed by atoms with Crippen molar-refractivity contribution in [1.29, 1.82) is 0 Å². The first-order chi connectivity index (χ1) is 12.8. The van der Waals surface area contributed by atoms with E-state index in [1.807, 2.05) is 49.7 Å². The first-order valence-corrected chi connectivity index (χ1v) is 9.65. The molecule has 142 valence electrons. The number of benzene rings is 1. The molecule has 1 atom stereocenters. The Morgan fingerprint density at radius 2 is 1.96 bits per heavy atom. The van der Waals surface area contributed by atoms with Gasteiger partial charge in [-0.2, -0.15) is 5.10 Å². The molecule has 0 radical (unpaired) electrons. The quantitative estimate of drug-likeness (QED) is 0.618. The van der Waals surface area contributed by atoms with Crippen molar-refractivity contribution in [3.8, 4) is 0 Å². The smallest absolute Gasteiger partial charge is 0.248 e. The van der Waals surface area contributed by atoms with Gasteiger partial charge in [-0.1, -0.05) is 30.7 Å². The van der Waals surface area contributed by atoms with Crippen molar-refractivity contribution in [3.63, 3.8) is 0 Å². The molecule has 0 aliphatic carbocycles. The molecule has 3 aromatic rings. The Morgan fingerprint density at radius 1 is 1.26 bits per heavy atom. The van der Waals surface area contributed by atoms with E-state index in [4.69, 9.17) is 11.6 Å². The average Bonchev–Trinajstić information content (AvgIpc) is 3.17. The van der Waals surface area contributed by atoms with Gasteiger partial charge in [0.05, 0.1) is 29.2 Å². The van der Waals surface area contributed by atoms with Crippen LogP contribution in [0.25, 0.3) is 0 Å². The molecule has 7 nitrogen and oxygen atoms in total. The van der Waals surface area contributed by atoms with Crippen molar-refractivity contribution in [3.05, 3.63) is 57.0 Å². The van der Waals surface area contributed by atoms with Crippen LogP contribution in [0.5, 0.6) is 0 Å². The Labute approximate surface area is 170 Å². The van der Waals surface area contributed by atoms with Crippen molar-refractivity contribution in [2.45, 2.75) is 33.9 Å². The lowest BCUT2D eigenvalue weighted by Crippen LogP contribution is -2.26. The zero-order chi connectivity index (χ0) is 19.6. The Bertz CT molecular complexity index is 949. The largest absolute Gasteiger partial charge is 0.293 e. The lowest BCUT2D eigenvalue weighted by atomic mass is 10.1. The van der Waals surface area contributed by atoms with Gasteiger partial charge in [-0.05, 0) is 47.5 Å². The highest BCUT2D eigenvalue weighted by Crippen LogP contribution is 2.20. The molecule has 0 saturated heterocycles. The number of hydrogen-bond acceptors (Lipinski definition) is 4. The van der Waals surface area contributed by atoms with Crippen molar-refractivity contribution in [2.24, 2.45) is 5.92 Å². The molecular weight excluding hydrogens is 432 g/mol. The lowest BCUT2D eigenvalue weighted by molar-refractivity contribution is -0.119. The Hall–Kier alpha value is -2.19. The lowest BCUT2D eigenvalue weighted by Gasteiger charge is -2.12. The van der Waals surface area contributed by atoms with E-state index in [9.17, 15) is 4.79 Å². The number of aromatic nitrogens is 5. The van der Waals surface area contributed by atoms with Crippen LogP contribution in [0.3, 0.4) is 0 Å². The molecule has 2 aromatic heterocycles. The van der Waals surface area contributed by atoms with Gasteiger partial charge in [-0.15, -0.1) is 5.10 Å². The molecule has 1 amide bonds. The second-order valence-electron chi connectivity index (χ2n) is 6.45. The van der Waals surface area contributed by atoms with E-state index in [2.05, 4.69) is 36.4 Å². The van der Waals surface area contributed by atoms with Crippen LogP contribution in [0.2, 0.25) is 5.02 Å². The van der Waals surface area contributed by atoms with Crippen LogP contribution in [0.4, 0.5) is 5.95 Å². The predicted octanol–water partition coefficient (Wildman–Crippen LogP) is 3.83. The van der Waals surface area contributed by atoms with Crippen LogP contribution in [0.15, 0.2) is 35.1 Å². The summed E-state index contributed by atoms with van der Waals surface area (Å²) in [6.07, 6.45) is 1.59. The molecule has 1 unspecified atom stereocenters. The van der Waals surface area contributed by atoms with Gasteiger partial charge in [0.1, 0.15) is 6.33 Å². The fourth-order valence-corrected chi connectivity index (χ4v) is 3.04. The summed E-state index contributed by atoms with van der Waals surface area (Å²) in [4.78, 5) is 16.6. The normalized spacial score (nSPS) is 12.2. The maximum Gasteiger partial charge on any atom is 0.248 e. The van der Waals surface area contributed by atoms with Gasteiger partial charge in [0.15, 0.2) is 0 Å². The molecule has 2 heterocycles. The maximum absolute atomic E-state index is 12.5. The third-order valence-electron chi connectivity index (χ3n) is 4.22. The molecule has 3 rings (SSSR count). The first-order valence-electron chi connectivity index (χ1n) is 8.47. The minimum atomic E-state index is -0.280. The highest BCUT2D eigenvalue weighted by atomic mass is 79.9. The second kappa shape index (κ2) is 8.22. The van der Waals surface area contributed by atoms with Crippen LogP contribution in [-0.4, -0.2) is 30.5 Å². The highest BCUT2D eigenvalue weighted by Gasteiger charge is 2.18. The van der Waals surface area contributed by atoms with E-state index in [0.717, 1.165) is 21.4 Å². The van der Waals surface area contributed by atoms with E-state index in [1.165, 1.54) is 0 Å². The molecule has 0 saturated carbocycles. The van der Waals surface area contributed by atoms with Gasteiger partial charge < -0.3 is 0 Å². The topological polar surface area (TPSA) is 77.6 Å². The molecule has 9 heteroatoms. The van der Waals surface area contributed by atoms with Crippen molar-refractivity contribution >= 4 is 39.4 Å². The number of rotatable bonds is 6. The number of nitrogens with one attached hydrogen (secondary N) is 1. The van der Waals surface area contributed by atoms with Gasteiger partial charge >= 0.3 is 0 Å². The van der Waals surface area contributed by atoms with Gasteiger partial charge in [0.25, 0.3) is 0 Å². The number of amides is 1. The zero-order valence-corrected chi connectivity index (χ0v) is 17.6. The van der Waals surface area contributed by atoms with E-state index >= 15 is 0 Å². The third kappa shape index (κ3) is 4.75. The summed E-state index contributed by atoms with van der Waals surface area (Å²) in [6.45, 7) is 6.78. The van der Waals surface area contributed by atoms with Crippen LogP contribution in [0, 0.1) is 19.8 Å². The van der Waals surface area contributed by atoms with Crippen LogP contribution >= 0.6 is 27.5 Å². The van der Waals surface area contributed by atoms with Crippen molar-refractivity contribution < 1.29 is 4.79 Å². The number of hydrogen-bond donors (Lipinski definition) is 1. The van der Waals surface area contributed by atoms with E-state index in [1.54, 1.807) is 11.0 Å². The Kier molecular flexibility index (Phi) is 5.96. The Balaban J connectivity index is 1.59. The van der Waals surface area contributed by atoms with Gasteiger partial charge in [-0.25, -0.2) is 9.67 Å². The zero-order valence-electron chi connectivity index (χ0n) is 15.3. The predicted molar refractivity (Wildman–Crippen MR) is 108 cm³/mol. The summed E-state index contributed by atoms with van der Waals surface area (Å²) in [7, 11) is 0. The maximum atomic E-state index is 12.5. The van der Waals surface area contributed by atoms with Crippen molar-refractivity contribution in [1.82, 2.24) is 24.5 Å². The minimum Gasteiger partial charge on any atom is -0.293 e. The average molecular weight is 452 g/mol. The van der Waals surface area contributed by atoms with Crippen molar-refractivity contribution in [2.75, 3.05) is 5.32 Å². The summed E-state index contributed by atoms with van der Waals surface area (Å²) in [5.41, 5.74) is 2.95. The van der Waals surface area contributed by atoms with Crippen LogP contribution in [-0.2, 0) is 17.9 Å². The standard InChI is InChI=1S/C18H20BrClN6O/c1-11(8-26-13(3)16(19)12(2)23-26)17(27)22-18-21-10-25(24-18)9-14-4-6-15(20)7-5-14/h4-7,10-11H,8-9H2,1-3H3,(H,22,24,27). The minimum absolute atomic E-state index is 0.150. The summed E-state index contributed by atoms with van der Waals surface area (Å²) in [6, 6.07) is 7.51. The molecule has 0 fully saturated rings. The fourth-order valence-electron chi connectivity index (χ4n) is 2.63. The summed E-state index contributed by atoms with van der Waals surface area (Å²) >= 11 is 9.39. The Morgan fingerprint density at radius 3 is 2.59 bits per heavy atom. The molecule has 0 aliphatic heterocycles. The summed E-state index contributed by atoms with van der Waals surface area (Å²) < 4.78 is 4.47. The number of carbonyl (C=O) groups is 1. The highest BCUT2D eigenvalue weighted by molar-refractivity contribution is 9.10. The van der Waals surface area contributed by atoms with E-state index in [0.29, 0.717) is 18.1 Å². The van der Waals surface area contributed by atoms with Gasteiger partial charge in [0, 0.05) is 10.7 Å². The SMILES string of the molecule is Cc1nn(CC(C)C(=O)Nc2ncn(Cc3ccc(Cl)cc3)n2)c(C)c1Br. The number of anilines is 1. The summed E-state index contributed by atoms with van der Waals surface area (Å²) in [5, 5.41) is 12.2. The second-order valence-corrected chi connectivity index (χ2v) is 7.68. The number of nitrogens with zero attached hydrogens (tertiary/aromatic N) is 5. The van der Waals surface area contributed by atoms with Crippen LogP contribution in [0.1, 0.15) is 23.9 Å². The van der Waals surface area contributed by atoms with Gasteiger partial charge in [0.2, 0.25) is 11.9 Å². The molecule has 0 spiro atoms. The van der Waals surface area contributed by atoms with Gasteiger partial charge in [-0.3, -0.25) is 14.8 Å². The number of aryl methyl sites for hydroxylation is 1. The third-order valence-corrected chi connectivity index (χ3v) is 5.62.